The Kier molecular flexibility index (Phi) is 3.65. The van der Waals surface area contributed by atoms with Gasteiger partial charge in [0.15, 0.2) is 0 Å². The summed E-state index contributed by atoms with van der Waals surface area (Å²) in [5.74, 6) is 0.692. The summed E-state index contributed by atoms with van der Waals surface area (Å²) < 4.78 is 5.05. The van der Waals surface area contributed by atoms with Crippen molar-refractivity contribution in [2.24, 2.45) is 4.99 Å². The molecule has 7 heteroatoms. The zero-order chi connectivity index (χ0) is 13.8. The van der Waals surface area contributed by atoms with Crippen molar-refractivity contribution in [3.8, 4) is 5.75 Å². The van der Waals surface area contributed by atoms with Gasteiger partial charge in [-0.15, -0.1) is 0 Å². The third-order valence-corrected chi connectivity index (χ3v) is 2.52. The predicted octanol–water partition coefficient (Wildman–Crippen LogP) is 0.645. The molecular formula is C12H14N4O3. The number of carbonyl (C=O) groups excluding carboxylic acids is 2. The largest absolute Gasteiger partial charge is 0.497 e. The first-order chi connectivity index (χ1) is 9.08. The van der Waals surface area contributed by atoms with Crippen LogP contribution in [0.2, 0.25) is 0 Å². The molecule has 0 unspecified atom stereocenters. The number of rotatable bonds is 2. The highest BCUT2D eigenvalue weighted by Crippen LogP contribution is 2.16. The maximum Gasteiger partial charge on any atom is 0.348 e. The highest BCUT2D eigenvalue weighted by atomic mass is 16.5. The number of ether oxygens (including phenoxy) is 1. The van der Waals surface area contributed by atoms with E-state index in [4.69, 9.17) is 4.74 Å². The van der Waals surface area contributed by atoms with Gasteiger partial charge in [0.2, 0.25) is 11.9 Å². The van der Waals surface area contributed by atoms with Crippen LogP contribution in [0, 0.1) is 0 Å². The van der Waals surface area contributed by atoms with E-state index in [1.54, 1.807) is 43.3 Å². The number of anilines is 1. The molecule has 100 valence electrons. The molecule has 1 aliphatic heterocycles. The number of nitrogens with one attached hydrogen (secondary N) is 2. The van der Waals surface area contributed by atoms with Gasteiger partial charge in [-0.2, -0.15) is 4.99 Å². The smallest absolute Gasteiger partial charge is 0.348 e. The average Bonchev–Trinajstić information content (AvgIpc) is 2.68. The minimum Gasteiger partial charge on any atom is -0.497 e. The monoisotopic (exact) mass is 262 g/mol. The quantitative estimate of drug-likeness (QED) is 0.819. The summed E-state index contributed by atoms with van der Waals surface area (Å²) in [5, 5.41) is 5.09. The highest BCUT2D eigenvalue weighted by molar-refractivity contribution is 6.09. The number of hydrogen-bond donors (Lipinski definition) is 2. The van der Waals surface area contributed by atoms with Crippen LogP contribution in [0.5, 0.6) is 5.75 Å². The van der Waals surface area contributed by atoms with Gasteiger partial charge in [-0.25, -0.2) is 4.79 Å². The maximum atomic E-state index is 11.7. The van der Waals surface area contributed by atoms with Crippen molar-refractivity contribution in [2.45, 2.75) is 0 Å². The molecular weight excluding hydrogens is 248 g/mol. The SMILES string of the molecule is COc1cccc(NC(=O)N=C2NC(=O)CN2C)c1. The maximum absolute atomic E-state index is 11.7. The van der Waals surface area contributed by atoms with Crippen LogP contribution < -0.4 is 15.4 Å². The van der Waals surface area contributed by atoms with Gasteiger partial charge in [-0.3, -0.25) is 10.1 Å². The van der Waals surface area contributed by atoms with E-state index in [2.05, 4.69) is 15.6 Å². The van der Waals surface area contributed by atoms with Crippen LogP contribution in [0.1, 0.15) is 0 Å². The van der Waals surface area contributed by atoms with Crippen molar-refractivity contribution in [3.63, 3.8) is 0 Å². The molecule has 1 aliphatic rings. The fourth-order valence-corrected chi connectivity index (χ4v) is 1.61. The van der Waals surface area contributed by atoms with Crippen LogP contribution in [0.3, 0.4) is 0 Å². The number of nitrogens with zero attached hydrogens (tertiary/aromatic N) is 2. The third-order valence-electron chi connectivity index (χ3n) is 2.52. The molecule has 0 atom stereocenters. The normalized spacial score (nSPS) is 16.4. The van der Waals surface area contributed by atoms with Gasteiger partial charge in [-0.05, 0) is 12.1 Å². The Morgan fingerprint density at radius 2 is 2.32 bits per heavy atom. The second-order valence-corrected chi connectivity index (χ2v) is 4.00. The van der Waals surface area contributed by atoms with Crippen molar-refractivity contribution in [3.05, 3.63) is 24.3 Å². The second-order valence-electron chi connectivity index (χ2n) is 4.00. The van der Waals surface area contributed by atoms with Gasteiger partial charge in [0.05, 0.1) is 13.7 Å². The summed E-state index contributed by atoms with van der Waals surface area (Å²) >= 11 is 0. The lowest BCUT2D eigenvalue weighted by Crippen LogP contribution is -2.29. The number of urea groups is 1. The number of guanidine groups is 1. The zero-order valence-corrected chi connectivity index (χ0v) is 10.6. The molecule has 0 aliphatic carbocycles. The van der Waals surface area contributed by atoms with Crippen molar-refractivity contribution < 1.29 is 14.3 Å². The van der Waals surface area contributed by atoms with E-state index in [0.29, 0.717) is 11.4 Å². The summed E-state index contributed by atoms with van der Waals surface area (Å²) in [6, 6.07) is 6.36. The van der Waals surface area contributed by atoms with Crippen molar-refractivity contribution in [1.82, 2.24) is 10.2 Å². The molecule has 0 aromatic heterocycles. The summed E-state index contributed by atoms with van der Waals surface area (Å²) in [7, 11) is 3.22. The minimum absolute atomic E-state index is 0.185. The molecule has 1 saturated heterocycles. The number of benzene rings is 1. The molecule has 19 heavy (non-hydrogen) atoms. The van der Waals surface area contributed by atoms with Gasteiger partial charge in [-0.1, -0.05) is 6.07 Å². The highest BCUT2D eigenvalue weighted by Gasteiger charge is 2.22. The molecule has 0 bridgehead atoms. The molecule has 7 nitrogen and oxygen atoms in total. The van der Waals surface area contributed by atoms with E-state index in [1.165, 1.54) is 0 Å². The van der Waals surface area contributed by atoms with Gasteiger partial charge in [0.25, 0.3) is 0 Å². The Balaban J connectivity index is 2.05. The predicted molar refractivity (Wildman–Crippen MR) is 70.2 cm³/mol. The van der Waals surface area contributed by atoms with Crippen LogP contribution in [-0.2, 0) is 4.79 Å². The number of methoxy groups -OCH3 is 1. The standard InChI is InChI=1S/C12H14N4O3/c1-16-7-10(17)14-11(16)15-12(18)13-8-4-3-5-9(6-8)19-2/h3-6H,7H2,1-2H3,(H2,13,14,15,17,18). The number of likely N-dealkylation sites (N-methyl/N-ethyl adjacent to an activating group) is 1. The molecule has 0 saturated carbocycles. The number of hydrogen-bond acceptors (Lipinski definition) is 3. The van der Waals surface area contributed by atoms with Crippen LogP contribution >= 0.6 is 0 Å². The van der Waals surface area contributed by atoms with Crippen LogP contribution in [0.15, 0.2) is 29.3 Å². The van der Waals surface area contributed by atoms with Crippen molar-refractivity contribution >= 4 is 23.6 Å². The van der Waals surface area contributed by atoms with Gasteiger partial charge in [0, 0.05) is 18.8 Å². The van der Waals surface area contributed by atoms with E-state index in [9.17, 15) is 9.59 Å². The van der Waals surface area contributed by atoms with E-state index >= 15 is 0 Å². The second kappa shape index (κ2) is 5.38. The van der Waals surface area contributed by atoms with Gasteiger partial charge in [0.1, 0.15) is 5.75 Å². The zero-order valence-electron chi connectivity index (χ0n) is 10.6. The van der Waals surface area contributed by atoms with E-state index in [-0.39, 0.29) is 18.4 Å². The summed E-state index contributed by atoms with van der Waals surface area (Å²) in [6.07, 6.45) is 0. The third kappa shape index (κ3) is 3.21. The molecule has 1 aromatic carbocycles. The molecule has 2 N–H and O–H groups in total. The lowest BCUT2D eigenvalue weighted by Gasteiger charge is -2.08. The first-order valence-electron chi connectivity index (χ1n) is 5.63. The van der Waals surface area contributed by atoms with Crippen LogP contribution in [0.4, 0.5) is 10.5 Å². The Morgan fingerprint density at radius 3 is 2.95 bits per heavy atom. The Morgan fingerprint density at radius 1 is 1.53 bits per heavy atom. The summed E-state index contributed by atoms with van der Waals surface area (Å²) in [6.45, 7) is 0.200. The van der Waals surface area contributed by atoms with E-state index in [0.717, 1.165) is 0 Å². The van der Waals surface area contributed by atoms with Gasteiger partial charge < -0.3 is 15.0 Å². The molecule has 0 radical (unpaired) electrons. The Bertz CT molecular complexity index is 542. The Labute approximate surface area is 110 Å². The van der Waals surface area contributed by atoms with Gasteiger partial charge >= 0.3 is 6.03 Å². The van der Waals surface area contributed by atoms with Crippen molar-refractivity contribution in [1.29, 1.82) is 0 Å². The first-order valence-corrected chi connectivity index (χ1v) is 5.63. The number of amides is 3. The molecule has 0 spiro atoms. The lowest BCUT2D eigenvalue weighted by molar-refractivity contribution is -0.118. The topological polar surface area (TPSA) is 83.0 Å². The molecule has 1 aromatic rings. The van der Waals surface area contributed by atoms with Crippen molar-refractivity contribution in [2.75, 3.05) is 26.0 Å². The fourth-order valence-electron chi connectivity index (χ4n) is 1.61. The molecule has 1 heterocycles. The summed E-state index contributed by atoms with van der Waals surface area (Å²) in [5.41, 5.74) is 0.570. The Hall–Kier alpha value is -2.57. The molecule has 2 rings (SSSR count). The average molecular weight is 262 g/mol. The molecule has 1 fully saturated rings. The fraction of sp³-hybridized carbons (Fsp3) is 0.250. The van der Waals surface area contributed by atoms with E-state index in [1.807, 2.05) is 0 Å². The first kappa shape index (κ1) is 12.9. The number of aliphatic imine (C=N–C) groups is 1. The lowest BCUT2D eigenvalue weighted by atomic mass is 10.3. The van der Waals surface area contributed by atoms with Crippen LogP contribution in [0.25, 0.3) is 0 Å². The van der Waals surface area contributed by atoms with E-state index < -0.39 is 6.03 Å². The van der Waals surface area contributed by atoms with Crippen LogP contribution in [-0.4, -0.2) is 43.5 Å². The summed E-state index contributed by atoms with van der Waals surface area (Å²) in [4.78, 5) is 28.1. The number of carbonyl (C=O) groups is 2. The minimum atomic E-state index is -0.558. The molecule has 3 amide bonds.